The molecule has 0 saturated heterocycles. The van der Waals surface area contributed by atoms with E-state index in [1.807, 2.05) is 11.8 Å². The number of amides is 1. The first kappa shape index (κ1) is 21.0. The molecule has 0 aliphatic rings. The number of carboxylic acids is 1. The van der Waals surface area contributed by atoms with Crippen LogP contribution < -0.4 is 0 Å². The highest BCUT2D eigenvalue weighted by Crippen LogP contribution is 2.32. The molecule has 0 spiro atoms. The maximum absolute atomic E-state index is 12.1. The Morgan fingerprint density at radius 2 is 1.79 bits per heavy atom. The summed E-state index contributed by atoms with van der Waals surface area (Å²) in [5.41, 5.74) is 2.52. The third-order valence-corrected chi connectivity index (χ3v) is 6.19. The van der Waals surface area contributed by atoms with Crippen LogP contribution in [0.25, 0.3) is 0 Å². The number of likely N-dealkylation sites (N-methyl/N-ethyl adjacent to an activating group) is 1. The molecule has 24 heavy (non-hydrogen) atoms. The van der Waals surface area contributed by atoms with Gasteiger partial charge in [-0.1, -0.05) is 54.0 Å². The van der Waals surface area contributed by atoms with Gasteiger partial charge in [-0.15, -0.1) is 0 Å². The fourth-order valence-corrected chi connectivity index (χ4v) is 3.41. The van der Waals surface area contributed by atoms with Gasteiger partial charge in [0.25, 0.3) is 0 Å². The number of halogens is 1. The van der Waals surface area contributed by atoms with Gasteiger partial charge in [0.05, 0.1) is 0 Å². The maximum atomic E-state index is 12.1. The van der Waals surface area contributed by atoms with Crippen molar-refractivity contribution < 1.29 is 14.7 Å². The minimum atomic E-state index is -0.980. The summed E-state index contributed by atoms with van der Waals surface area (Å²) >= 11 is 5.25. The third kappa shape index (κ3) is 6.85. The smallest absolute Gasteiger partial charge is 0.326 e. The van der Waals surface area contributed by atoms with E-state index in [-0.39, 0.29) is 10.7 Å². The van der Waals surface area contributed by atoms with E-state index in [0.29, 0.717) is 12.8 Å². The Morgan fingerprint density at radius 3 is 2.29 bits per heavy atom. The number of carboxylic acid groups (broad SMARTS) is 1. The Hall–Kier alpha value is -1.01. The lowest BCUT2D eigenvalue weighted by molar-refractivity contribution is -0.148. The van der Waals surface area contributed by atoms with Crippen molar-refractivity contribution in [2.75, 3.05) is 7.05 Å². The number of hydrogen-bond donors (Lipinski definition) is 1. The zero-order valence-corrected chi connectivity index (χ0v) is 17.1. The number of thioether (sulfide) groups is 1. The molecule has 1 aromatic rings. The van der Waals surface area contributed by atoms with Gasteiger partial charge in [-0.05, 0) is 24.5 Å². The molecule has 1 aromatic carbocycles. The molecule has 0 bridgehead atoms. The van der Waals surface area contributed by atoms with Gasteiger partial charge in [-0.3, -0.25) is 4.79 Å². The quantitative estimate of drug-likeness (QED) is 0.610. The molecule has 4 nitrogen and oxygen atoms in total. The molecule has 0 heterocycles. The molecule has 0 aliphatic heterocycles. The fourth-order valence-electron chi connectivity index (χ4n) is 2.04. The minimum absolute atomic E-state index is 0.0446. The first-order valence-electron chi connectivity index (χ1n) is 7.92. The Balaban J connectivity index is 2.47. The van der Waals surface area contributed by atoms with Gasteiger partial charge < -0.3 is 10.0 Å². The van der Waals surface area contributed by atoms with Gasteiger partial charge in [-0.2, -0.15) is 11.8 Å². The standard InChI is InChI=1S/C18H26BrNO3S/c1-13(17(22)23)20(4)16(21)9-10-18(2,3)24-12-15-7-5-14(11-19)6-8-15/h5-8,13H,9-12H2,1-4H3,(H,22,23)/t13-/m0/s1. The lowest BCUT2D eigenvalue weighted by atomic mass is 10.1. The van der Waals surface area contributed by atoms with Crippen LogP contribution in [0.15, 0.2) is 24.3 Å². The lowest BCUT2D eigenvalue weighted by Gasteiger charge is -2.26. The van der Waals surface area contributed by atoms with Gasteiger partial charge >= 0.3 is 5.97 Å². The first-order valence-corrected chi connectivity index (χ1v) is 10.0. The summed E-state index contributed by atoms with van der Waals surface area (Å²) in [6, 6.07) is 7.70. The summed E-state index contributed by atoms with van der Waals surface area (Å²) in [7, 11) is 1.55. The number of nitrogens with zero attached hydrogens (tertiary/aromatic N) is 1. The second-order valence-electron chi connectivity index (χ2n) is 6.52. The van der Waals surface area contributed by atoms with Crippen LogP contribution in [0.5, 0.6) is 0 Å². The van der Waals surface area contributed by atoms with Gasteiger partial charge in [0.1, 0.15) is 6.04 Å². The number of aliphatic carboxylic acids is 1. The average molecular weight is 416 g/mol. The summed E-state index contributed by atoms with van der Waals surface area (Å²) in [5.74, 6) is -0.211. The van der Waals surface area contributed by atoms with Gasteiger partial charge in [0.15, 0.2) is 0 Å². The molecule has 134 valence electrons. The van der Waals surface area contributed by atoms with Crippen molar-refractivity contribution in [3.8, 4) is 0 Å². The molecule has 0 saturated carbocycles. The Bertz CT molecular complexity index is 560. The number of carbonyl (C=O) groups is 2. The van der Waals surface area contributed by atoms with Crippen molar-refractivity contribution in [2.45, 2.75) is 55.5 Å². The van der Waals surface area contributed by atoms with E-state index in [0.717, 1.165) is 11.1 Å². The third-order valence-electron chi connectivity index (χ3n) is 4.08. The zero-order chi connectivity index (χ0) is 18.3. The van der Waals surface area contributed by atoms with E-state index >= 15 is 0 Å². The molecule has 0 unspecified atom stereocenters. The summed E-state index contributed by atoms with van der Waals surface area (Å²) in [6.45, 7) is 5.77. The highest BCUT2D eigenvalue weighted by Gasteiger charge is 2.25. The Kier molecular flexibility index (Phi) is 8.30. The van der Waals surface area contributed by atoms with E-state index in [1.54, 1.807) is 7.05 Å². The van der Waals surface area contributed by atoms with Crippen LogP contribution >= 0.6 is 27.7 Å². The predicted molar refractivity (Wildman–Crippen MR) is 104 cm³/mol. The number of carbonyl (C=O) groups excluding carboxylic acids is 1. The van der Waals surface area contributed by atoms with Crippen molar-refractivity contribution >= 4 is 39.6 Å². The predicted octanol–water partition coefficient (Wildman–Crippen LogP) is 4.31. The van der Waals surface area contributed by atoms with E-state index in [4.69, 9.17) is 5.11 Å². The van der Waals surface area contributed by atoms with Gasteiger partial charge in [0.2, 0.25) is 5.91 Å². The van der Waals surface area contributed by atoms with Crippen molar-refractivity contribution in [2.24, 2.45) is 0 Å². The van der Waals surface area contributed by atoms with Crippen molar-refractivity contribution in [3.63, 3.8) is 0 Å². The Labute approximate surface area is 157 Å². The number of rotatable bonds is 9. The van der Waals surface area contributed by atoms with Crippen LogP contribution in [0.2, 0.25) is 0 Å². The average Bonchev–Trinajstić information content (AvgIpc) is 2.57. The second-order valence-corrected chi connectivity index (χ2v) is 8.76. The lowest BCUT2D eigenvalue weighted by Crippen LogP contribution is -2.40. The highest BCUT2D eigenvalue weighted by atomic mass is 79.9. The van der Waals surface area contributed by atoms with Crippen LogP contribution in [-0.4, -0.2) is 39.7 Å². The van der Waals surface area contributed by atoms with Crippen molar-refractivity contribution in [1.29, 1.82) is 0 Å². The van der Waals surface area contributed by atoms with Crippen LogP contribution in [0, 0.1) is 0 Å². The molecule has 1 N–H and O–H groups in total. The monoisotopic (exact) mass is 415 g/mol. The molecule has 0 aromatic heterocycles. The maximum Gasteiger partial charge on any atom is 0.326 e. The highest BCUT2D eigenvalue weighted by molar-refractivity contribution is 9.08. The van der Waals surface area contributed by atoms with Crippen LogP contribution in [0.3, 0.4) is 0 Å². The molecule has 1 amide bonds. The zero-order valence-electron chi connectivity index (χ0n) is 14.7. The fraction of sp³-hybridized carbons (Fsp3) is 0.556. The molecular weight excluding hydrogens is 390 g/mol. The van der Waals surface area contributed by atoms with E-state index < -0.39 is 12.0 Å². The second kappa shape index (κ2) is 9.47. The summed E-state index contributed by atoms with van der Waals surface area (Å²) in [4.78, 5) is 24.4. The van der Waals surface area contributed by atoms with Crippen LogP contribution in [0.4, 0.5) is 0 Å². The molecule has 0 aliphatic carbocycles. The molecule has 6 heteroatoms. The summed E-state index contributed by atoms with van der Waals surface area (Å²) in [5, 5.41) is 9.83. The molecule has 0 radical (unpaired) electrons. The molecule has 1 rings (SSSR count). The van der Waals surface area contributed by atoms with Gasteiger partial charge in [-0.25, -0.2) is 4.79 Å². The number of hydrogen-bond acceptors (Lipinski definition) is 3. The van der Waals surface area contributed by atoms with E-state index in [2.05, 4.69) is 54.0 Å². The largest absolute Gasteiger partial charge is 0.480 e. The first-order chi connectivity index (χ1) is 11.2. The minimum Gasteiger partial charge on any atom is -0.480 e. The summed E-state index contributed by atoms with van der Waals surface area (Å²) in [6.07, 6.45) is 1.07. The van der Waals surface area contributed by atoms with Crippen molar-refractivity contribution in [1.82, 2.24) is 4.90 Å². The van der Waals surface area contributed by atoms with Crippen LogP contribution in [0.1, 0.15) is 44.7 Å². The van der Waals surface area contributed by atoms with E-state index in [1.165, 1.54) is 23.0 Å². The molecular formula is C18H26BrNO3S. The molecule has 0 fully saturated rings. The van der Waals surface area contributed by atoms with Gasteiger partial charge in [0, 0.05) is 29.3 Å². The number of benzene rings is 1. The van der Waals surface area contributed by atoms with Crippen molar-refractivity contribution in [3.05, 3.63) is 35.4 Å². The number of alkyl halides is 1. The van der Waals surface area contributed by atoms with Crippen LogP contribution in [-0.2, 0) is 20.7 Å². The topological polar surface area (TPSA) is 57.6 Å². The normalized spacial score (nSPS) is 12.7. The SMILES string of the molecule is C[C@@H](C(=O)O)N(C)C(=O)CCC(C)(C)SCc1ccc(CBr)cc1. The Morgan fingerprint density at radius 1 is 1.25 bits per heavy atom. The molecule has 1 atom stereocenters. The summed E-state index contributed by atoms with van der Waals surface area (Å²) < 4.78 is -0.0446. The van der Waals surface area contributed by atoms with E-state index in [9.17, 15) is 9.59 Å².